The van der Waals surface area contributed by atoms with Gasteiger partial charge in [-0.2, -0.15) is 0 Å². The fraction of sp³-hybridized carbons (Fsp3) is 0.500. The maximum atomic E-state index is 13.4. The lowest BCUT2D eigenvalue weighted by atomic mass is 9.92. The Morgan fingerprint density at radius 2 is 1.84 bits per heavy atom. The zero-order chi connectivity index (χ0) is 27.1. The summed E-state index contributed by atoms with van der Waals surface area (Å²) in [5.41, 5.74) is 1.64. The van der Waals surface area contributed by atoms with Crippen LogP contribution in [0, 0.1) is 13.8 Å². The molecule has 0 radical (unpaired) electrons. The van der Waals surface area contributed by atoms with Gasteiger partial charge < -0.3 is 14.6 Å². The minimum Gasteiger partial charge on any atom is -0.443 e. The summed E-state index contributed by atoms with van der Waals surface area (Å²) in [7, 11) is -4.00. The molecule has 9 nitrogen and oxygen atoms in total. The number of aromatic nitrogens is 3. The first kappa shape index (κ1) is 27.2. The first-order chi connectivity index (χ1) is 17.2. The Balaban J connectivity index is 1.49. The molecule has 11 heteroatoms. The maximum Gasteiger partial charge on any atom is 0.420 e. The molecule has 1 saturated heterocycles. The van der Waals surface area contributed by atoms with Gasteiger partial charge in [-0.3, -0.25) is 4.79 Å². The summed E-state index contributed by atoms with van der Waals surface area (Å²) in [5.74, 6) is 0.535. The predicted octanol–water partition coefficient (Wildman–Crippen LogP) is 4.99. The Kier molecular flexibility index (Phi) is 7.45. The number of aromatic amines is 1. The van der Waals surface area contributed by atoms with Gasteiger partial charge in [-0.15, -0.1) is 0 Å². The fourth-order valence-electron chi connectivity index (χ4n) is 4.81. The number of piperidine rings is 1. The Morgan fingerprint density at radius 3 is 2.43 bits per heavy atom. The van der Waals surface area contributed by atoms with E-state index in [4.69, 9.17) is 16.3 Å². The molecule has 3 heterocycles. The molecule has 2 aromatic heterocycles. The Morgan fingerprint density at radius 1 is 1.16 bits per heavy atom. The van der Waals surface area contributed by atoms with Crippen LogP contribution < -0.4 is 0 Å². The second-order valence-electron chi connectivity index (χ2n) is 10.5. The molecule has 0 saturated carbocycles. The number of benzene rings is 1. The van der Waals surface area contributed by atoms with Crippen LogP contribution in [-0.2, 0) is 19.4 Å². The van der Waals surface area contributed by atoms with Crippen LogP contribution in [0.2, 0.25) is 5.02 Å². The smallest absolute Gasteiger partial charge is 0.420 e. The quantitative estimate of drug-likeness (QED) is 0.480. The van der Waals surface area contributed by atoms with E-state index >= 15 is 0 Å². The number of carbonyl (C=O) groups excluding carboxylic acids is 2. The summed E-state index contributed by atoms with van der Waals surface area (Å²) in [5, 5.41) is 0.696. The SMILES string of the molecule is Cc1nc(C)c(C2CCN(C(=O)CCS(=O)(=O)c3cc4cc(Cl)ccc4n3C(=O)OC(C)(C)C)CC2)[nH]1. The summed E-state index contributed by atoms with van der Waals surface area (Å²) in [6.45, 7) is 10.1. The molecular formula is C26H33ClN4O5S. The van der Waals surface area contributed by atoms with E-state index in [-0.39, 0.29) is 17.4 Å². The number of nitrogens with zero attached hydrogens (tertiary/aromatic N) is 3. The average molecular weight is 549 g/mol. The molecule has 1 N–H and O–H groups in total. The van der Waals surface area contributed by atoms with Crippen LogP contribution in [0.15, 0.2) is 29.3 Å². The monoisotopic (exact) mass is 548 g/mol. The summed E-state index contributed by atoms with van der Waals surface area (Å²) in [6, 6.07) is 6.17. The highest BCUT2D eigenvalue weighted by Gasteiger charge is 2.31. The first-order valence-corrected chi connectivity index (χ1v) is 14.4. The van der Waals surface area contributed by atoms with Crippen LogP contribution in [0.25, 0.3) is 10.9 Å². The summed E-state index contributed by atoms with van der Waals surface area (Å²) >= 11 is 6.10. The van der Waals surface area contributed by atoms with Crippen molar-refractivity contribution < 1.29 is 22.7 Å². The molecule has 0 spiro atoms. The Bertz CT molecular complexity index is 1440. The van der Waals surface area contributed by atoms with E-state index in [1.807, 2.05) is 13.8 Å². The molecule has 37 heavy (non-hydrogen) atoms. The van der Waals surface area contributed by atoms with Crippen molar-refractivity contribution >= 4 is 44.3 Å². The highest BCUT2D eigenvalue weighted by Crippen LogP contribution is 2.30. The van der Waals surface area contributed by atoms with Crippen molar-refractivity contribution in [1.82, 2.24) is 19.4 Å². The van der Waals surface area contributed by atoms with Crippen molar-refractivity contribution in [2.24, 2.45) is 0 Å². The van der Waals surface area contributed by atoms with E-state index < -0.39 is 27.3 Å². The van der Waals surface area contributed by atoms with Gasteiger partial charge in [-0.1, -0.05) is 11.6 Å². The number of nitrogens with one attached hydrogen (secondary N) is 1. The second kappa shape index (κ2) is 10.1. The van der Waals surface area contributed by atoms with Gasteiger partial charge in [0.1, 0.15) is 16.5 Å². The minimum absolute atomic E-state index is 0.175. The number of H-pyrrole nitrogens is 1. The molecule has 1 aromatic carbocycles. The summed E-state index contributed by atoms with van der Waals surface area (Å²) < 4.78 is 33.3. The zero-order valence-corrected chi connectivity index (χ0v) is 23.4. The molecule has 1 aliphatic rings. The van der Waals surface area contributed by atoms with Crippen LogP contribution >= 0.6 is 11.6 Å². The standard InChI is InChI=1S/C26H33ClN4O5S/c1-16-24(29-17(2)28-16)18-8-11-30(12-9-18)22(32)10-13-37(34,35)23-15-19-14-20(27)6-7-21(19)31(23)25(33)36-26(3,4)5/h6-7,14-15,18H,8-13H2,1-5H3,(H,28,29). The molecule has 3 aromatic rings. The van der Waals surface area contributed by atoms with Gasteiger partial charge in [-0.05, 0) is 71.7 Å². The van der Waals surface area contributed by atoms with Crippen molar-refractivity contribution in [1.29, 1.82) is 0 Å². The minimum atomic E-state index is -4.00. The molecule has 4 rings (SSSR count). The molecule has 200 valence electrons. The number of amides is 1. The van der Waals surface area contributed by atoms with Gasteiger partial charge >= 0.3 is 6.09 Å². The number of sulfone groups is 1. The third-order valence-corrected chi connectivity index (χ3v) is 8.42. The van der Waals surface area contributed by atoms with Crippen LogP contribution in [0.4, 0.5) is 4.79 Å². The molecule has 0 bridgehead atoms. The van der Waals surface area contributed by atoms with Crippen LogP contribution in [-0.4, -0.2) is 64.3 Å². The lowest BCUT2D eigenvalue weighted by Gasteiger charge is -2.32. The number of hydrogen-bond acceptors (Lipinski definition) is 6. The zero-order valence-electron chi connectivity index (χ0n) is 21.8. The van der Waals surface area contributed by atoms with Crippen LogP contribution in [0.1, 0.15) is 63.2 Å². The number of likely N-dealkylation sites (tertiary alicyclic amines) is 1. The summed E-state index contributed by atoms with van der Waals surface area (Å²) in [4.78, 5) is 35.4. The molecule has 0 unspecified atom stereocenters. The van der Waals surface area contributed by atoms with E-state index in [0.717, 1.165) is 34.6 Å². The van der Waals surface area contributed by atoms with Crippen molar-refractivity contribution in [2.45, 2.75) is 70.4 Å². The van der Waals surface area contributed by atoms with E-state index in [0.29, 0.717) is 34.9 Å². The molecule has 1 amide bonds. The number of imidazole rings is 1. The van der Waals surface area contributed by atoms with E-state index in [2.05, 4.69) is 9.97 Å². The van der Waals surface area contributed by atoms with Crippen LogP contribution in [0.3, 0.4) is 0 Å². The predicted molar refractivity (Wildman–Crippen MR) is 142 cm³/mol. The molecule has 0 atom stereocenters. The number of aryl methyl sites for hydroxylation is 2. The number of carbonyl (C=O) groups is 2. The summed E-state index contributed by atoms with van der Waals surface area (Å²) in [6.07, 6.45) is 0.593. The molecular weight excluding hydrogens is 516 g/mol. The van der Waals surface area contributed by atoms with E-state index in [9.17, 15) is 18.0 Å². The van der Waals surface area contributed by atoms with Gasteiger partial charge in [0.15, 0.2) is 9.84 Å². The number of hydrogen-bond donors (Lipinski definition) is 1. The molecule has 0 aliphatic carbocycles. The fourth-order valence-corrected chi connectivity index (χ4v) is 6.40. The Labute approximate surface area is 222 Å². The van der Waals surface area contributed by atoms with Gasteiger partial charge in [0, 0.05) is 41.5 Å². The van der Waals surface area contributed by atoms with Crippen molar-refractivity contribution in [3.63, 3.8) is 0 Å². The van der Waals surface area contributed by atoms with Gasteiger partial charge in [0.2, 0.25) is 5.91 Å². The number of fused-ring (bicyclic) bond motifs is 1. The molecule has 1 fully saturated rings. The average Bonchev–Trinajstić information content (AvgIpc) is 3.36. The highest BCUT2D eigenvalue weighted by atomic mass is 35.5. The number of rotatable bonds is 5. The highest BCUT2D eigenvalue weighted by molar-refractivity contribution is 7.91. The maximum absolute atomic E-state index is 13.4. The van der Waals surface area contributed by atoms with E-state index in [1.54, 1.807) is 43.9 Å². The topological polar surface area (TPSA) is 114 Å². The second-order valence-corrected chi connectivity index (χ2v) is 13.0. The van der Waals surface area contributed by atoms with Gasteiger partial charge in [0.25, 0.3) is 0 Å². The largest absolute Gasteiger partial charge is 0.443 e. The Hall–Kier alpha value is -2.85. The van der Waals surface area contributed by atoms with Gasteiger partial charge in [-0.25, -0.2) is 22.8 Å². The lowest BCUT2D eigenvalue weighted by Crippen LogP contribution is -2.38. The first-order valence-electron chi connectivity index (χ1n) is 12.3. The lowest BCUT2D eigenvalue weighted by molar-refractivity contribution is -0.131. The number of halogens is 1. The third kappa shape index (κ3) is 6.01. The van der Waals surface area contributed by atoms with Crippen molar-refractivity contribution in [3.05, 3.63) is 46.5 Å². The normalized spacial score (nSPS) is 15.4. The van der Waals surface area contributed by atoms with Crippen molar-refractivity contribution in [2.75, 3.05) is 18.8 Å². The van der Waals surface area contributed by atoms with Crippen LogP contribution in [0.5, 0.6) is 0 Å². The third-order valence-electron chi connectivity index (χ3n) is 6.51. The van der Waals surface area contributed by atoms with E-state index in [1.165, 1.54) is 6.07 Å². The van der Waals surface area contributed by atoms with Crippen molar-refractivity contribution in [3.8, 4) is 0 Å². The molecule has 1 aliphatic heterocycles. The van der Waals surface area contributed by atoms with Gasteiger partial charge in [0.05, 0.1) is 17.0 Å². The number of ether oxygens (including phenoxy) is 1.